The number of carbonyl (C=O) groups excluding carboxylic acids is 1. The van der Waals surface area contributed by atoms with Crippen molar-refractivity contribution in [3.8, 4) is 0 Å². The van der Waals surface area contributed by atoms with Gasteiger partial charge < -0.3 is 5.32 Å². The lowest BCUT2D eigenvalue weighted by Crippen LogP contribution is -2.43. The largest absolute Gasteiger partial charge is 0.356 e. The molecule has 1 heterocycles. The molecule has 1 aromatic carbocycles. The van der Waals surface area contributed by atoms with E-state index in [1.807, 2.05) is 24.3 Å². The van der Waals surface area contributed by atoms with Gasteiger partial charge in [-0.2, -0.15) is 0 Å². The first kappa shape index (κ1) is 17.1. The van der Waals surface area contributed by atoms with Crippen LogP contribution >= 0.6 is 35.1 Å². The smallest absolute Gasteiger partial charge is 0.223 e. The minimum atomic E-state index is 0.236. The Morgan fingerprint density at radius 1 is 1.12 bits per heavy atom. The van der Waals surface area contributed by atoms with Crippen LogP contribution in [0.25, 0.3) is 0 Å². The van der Waals surface area contributed by atoms with Crippen molar-refractivity contribution >= 4 is 41.0 Å². The van der Waals surface area contributed by atoms with Gasteiger partial charge in [0, 0.05) is 29.0 Å². The first-order valence-corrected chi connectivity index (χ1v) is 11.3. The molecule has 1 aliphatic heterocycles. The first-order valence-electron chi connectivity index (χ1n) is 8.97. The Morgan fingerprint density at radius 2 is 1.75 bits per heavy atom. The average Bonchev–Trinajstić information content (AvgIpc) is 3.12. The number of carbonyl (C=O) groups is 1. The maximum absolute atomic E-state index is 12.6. The lowest BCUT2D eigenvalue weighted by molar-refractivity contribution is -0.126. The lowest BCUT2D eigenvalue weighted by atomic mass is 9.79. The molecule has 2 nitrogen and oxygen atoms in total. The molecule has 2 bridgehead atoms. The van der Waals surface area contributed by atoms with Gasteiger partial charge in [0.25, 0.3) is 0 Å². The Kier molecular flexibility index (Phi) is 5.08. The molecule has 1 spiro atoms. The fraction of sp³-hybridized carbons (Fsp3) is 0.632. The highest BCUT2D eigenvalue weighted by Crippen LogP contribution is 2.65. The molecule has 0 radical (unpaired) electrons. The van der Waals surface area contributed by atoms with Gasteiger partial charge >= 0.3 is 0 Å². The molecule has 24 heavy (non-hydrogen) atoms. The zero-order valence-electron chi connectivity index (χ0n) is 13.8. The third kappa shape index (κ3) is 3.22. The summed E-state index contributed by atoms with van der Waals surface area (Å²) < 4.78 is 0.472. The molecule has 130 valence electrons. The molecule has 1 amide bonds. The van der Waals surface area contributed by atoms with Gasteiger partial charge in [-0.05, 0) is 61.6 Å². The number of halogens is 1. The highest BCUT2D eigenvalue weighted by molar-refractivity contribution is 8.21. The highest BCUT2D eigenvalue weighted by Gasteiger charge is 2.57. The number of nitrogens with one attached hydrogen (secondary N) is 1. The summed E-state index contributed by atoms with van der Waals surface area (Å²) in [6.45, 7) is 0.723. The highest BCUT2D eigenvalue weighted by atomic mass is 35.5. The van der Waals surface area contributed by atoms with Crippen LogP contribution in [0.3, 0.4) is 0 Å². The number of hydrogen-bond acceptors (Lipinski definition) is 3. The van der Waals surface area contributed by atoms with E-state index < -0.39 is 0 Å². The van der Waals surface area contributed by atoms with Crippen LogP contribution in [0.15, 0.2) is 24.3 Å². The quantitative estimate of drug-likeness (QED) is 0.825. The minimum Gasteiger partial charge on any atom is -0.356 e. The van der Waals surface area contributed by atoms with E-state index in [0.717, 1.165) is 42.7 Å². The summed E-state index contributed by atoms with van der Waals surface area (Å²) in [7, 11) is 0. The summed E-state index contributed by atoms with van der Waals surface area (Å²) >= 11 is 10.3. The maximum Gasteiger partial charge on any atom is 0.223 e. The van der Waals surface area contributed by atoms with Gasteiger partial charge in [0.05, 0.1) is 4.08 Å². The van der Waals surface area contributed by atoms with Crippen LogP contribution in [0.2, 0.25) is 5.02 Å². The molecule has 0 aromatic heterocycles. The molecule has 5 heteroatoms. The Hall–Kier alpha value is -0.320. The van der Waals surface area contributed by atoms with Crippen LogP contribution in [-0.4, -0.2) is 28.0 Å². The molecule has 1 saturated heterocycles. The zero-order chi connectivity index (χ0) is 16.6. The van der Waals surface area contributed by atoms with Gasteiger partial charge in [-0.15, -0.1) is 23.5 Å². The van der Waals surface area contributed by atoms with Crippen molar-refractivity contribution in [2.45, 2.75) is 36.2 Å². The average molecular weight is 382 g/mol. The topological polar surface area (TPSA) is 29.1 Å². The molecular weight excluding hydrogens is 358 g/mol. The summed E-state index contributed by atoms with van der Waals surface area (Å²) in [4.78, 5) is 12.6. The summed E-state index contributed by atoms with van der Waals surface area (Å²) in [5.41, 5.74) is 1.22. The van der Waals surface area contributed by atoms with Crippen molar-refractivity contribution in [2.24, 2.45) is 17.8 Å². The Morgan fingerprint density at radius 3 is 2.38 bits per heavy atom. The van der Waals surface area contributed by atoms with Crippen LogP contribution in [0.4, 0.5) is 0 Å². The van der Waals surface area contributed by atoms with Crippen molar-refractivity contribution in [1.82, 2.24) is 5.32 Å². The molecule has 2 aliphatic carbocycles. The van der Waals surface area contributed by atoms with Gasteiger partial charge in [-0.3, -0.25) is 4.79 Å². The summed E-state index contributed by atoms with van der Waals surface area (Å²) in [6.07, 6.45) is 5.74. The van der Waals surface area contributed by atoms with Crippen molar-refractivity contribution in [1.29, 1.82) is 0 Å². The molecule has 2 saturated carbocycles. The Balaban J connectivity index is 1.29. The van der Waals surface area contributed by atoms with Gasteiger partial charge in [-0.25, -0.2) is 0 Å². The first-order chi connectivity index (χ1) is 11.7. The van der Waals surface area contributed by atoms with E-state index in [2.05, 4.69) is 28.8 Å². The minimum absolute atomic E-state index is 0.236. The second-order valence-corrected chi connectivity index (χ2v) is 10.7. The second-order valence-electron chi connectivity index (χ2n) is 7.23. The van der Waals surface area contributed by atoms with E-state index >= 15 is 0 Å². The summed E-state index contributed by atoms with van der Waals surface area (Å²) in [6, 6.07) is 7.89. The molecule has 1 aromatic rings. The Labute approximate surface area is 157 Å². The fourth-order valence-electron chi connectivity index (χ4n) is 4.74. The van der Waals surface area contributed by atoms with E-state index in [1.54, 1.807) is 0 Å². The van der Waals surface area contributed by atoms with Gasteiger partial charge in [0.15, 0.2) is 0 Å². The standard InChI is InChI=1S/C19H24ClNOS2/c20-17-5-1-13(2-6-17)7-8-21-18(22)14-11-15-3-4-16(12-14)19(15)23-9-10-24-19/h1-2,5-6,14-16H,3-4,7-12H2,(H,21,22)/t14?,15-,16+. The van der Waals surface area contributed by atoms with Crippen molar-refractivity contribution < 1.29 is 4.79 Å². The van der Waals surface area contributed by atoms with E-state index in [9.17, 15) is 4.79 Å². The third-order valence-corrected chi connectivity index (χ3v) is 10.1. The van der Waals surface area contributed by atoms with Crippen molar-refractivity contribution in [3.63, 3.8) is 0 Å². The van der Waals surface area contributed by atoms with E-state index in [4.69, 9.17) is 11.6 Å². The van der Waals surface area contributed by atoms with E-state index in [1.165, 1.54) is 29.9 Å². The molecular formula is C19H24ClNOS2. The van der Waals surface area contributed by atoms with Gasteiger partial charge in [0.1, 0.15) is 0 Å². The summed E-state index contributed by atoms with van der Waals surface area (Å²) in [5, 5.41) is 3.94. The number of rotatable bonds is 4. The molecule has 3 atom stereocenters. The molecule has 4 rings (SSSR count). The van der Waals surface area contributed by atoms with E-state index in [0.29, 0.717) is 4.08 Å². The second kappa shape index (κ2) is 7.13. The van der Waals surface area contributed by atoms with Crippen LogP contribution < -0.4 is 5.32 Å². The van der Waals surface area contributed by atoms with Crippen LogP contribution in [0, 0.1) is 17.8 Å². The van der Waals surface area contributed by atoms with E-state index in [-0.39, 0.29) is 11.8 Å². The lowest BCUT2D eigenvalue weighted by Gasteiger charge is -2.42. The fourth-order valence-corrected chi connectivity index (χ4v) is 8.80. The predicted molar refractivity (Wildman–Crippen MR) is 105 cm³/mol. The number of amides is 1. The normalized spacial score (nSPS) is 30.6. The molecule has 1 N–H and O–H groups in total. The van der Waals surface area contributed by atoms with Gasteiger partial charge in [-0.1, -0.05) is 23.7 Å². The van der Waals surface area contributed by atoms with Gasteiger partial charge in [0.2, 0.25) is 5.91 Å². The number of benzene rings is 1. The predicted octanol–water partition coefficient (Wildman–Crippen LogP) is 4.61. The third-order valence-electron chi connectivity index (χ3n) is 5.88. The number of thioether (sulfide) groups is 2. The monoisotopic (exact) mass is 381 g/mol. The maximum atomic E-state index is 12.6. The summed E-state index contributed by atoms with van der Waals surface area (Å²) in [5.74, 6) is 4.62. The van der Waals surface area contributed by atoms with Crippen LogP contribution in [0.5, 0.6) is 0 Å². The van der Waals surface area contributed by atoms with Crippen LogP contribution in [0.1, 0.15) is 31.2 Å². The molecule has 3 fully saturated rings. The van der Waals surface area contributed by atoms with Crippen molar-refractivity contribution in [3.05, 3.63) is 34.9 Å². The SMILES string of the molecule is O=C(NCCc1ccc(Cl)cc1)C1C[C@H]2CC[C@@H](C1)C21SCCS1. The van der Waals surface area contributed by atoms with Crippen molar-refractivity contribution in [2.75, 3.05) is 18.1 Å². The van der Waals surface area contributed by atoms with Crippen LogP contribution in [-0.2, 0) is 11.2 Å². The number of hydrogen-bond donors (Lipinski definition) is 1. The molecule has 3 aliphatic rings. The molecule has 1 unspecified atom stereocenters. The zero-order valence-corrected chi connectivity index (χ0v) is 16.2. The Bertz CT molecular complexity index is 584.